The highest BCUT2D eigenvalue weighted by Crippen LogP contribution is 2.27. The molecule has 1 atom stereocenters. The van der Waals surface area contributed by atoms with Crippen molar-refractivity contribution in [2.45, 2.75) is 45.8 Å². The number of aldehydes is 1. The highest BCUT2D eigenvalue weighted by atomic mass is 16.4. The molecule has 6 heteroatoms. The maximum Gasteiger partial charge on any atom is 0.409 e. The van der Waals surface area contributed by atoms with Crippen LogP contribution in [0.2, 0.25) is 0 Å². The summed E-state index contributed by atoms with van der Waals surface area (Å²) >= 11 is 0. The van der Waals surface area contributed by atoms with Crippen LogP contribution in [0.1, 0.15) is 34.6 Å². The number of nitrogens with two attached hydrogens (primary N) is 1. The van der Waals surface area contributed by atoms with Crippen LogP contribution >= 0.6 is 0 Å². The van der Waals surface area contributed by atoms with E-state index in [2.05, 4.69) is 5.43 Å². The first-order valence-electron chi connectivity index (χ1n) is 5.10. The maximum absolute atomic E-state index is 11.3. The first-order valence-corrected chi connectivity index (χ1v) is 5.10. The summed E-state index contributed by atoms with van der Waals surface area (Å²) in [7, 11) is 0. The molecule has 0 spiro atoms. The zero-order valence-corrected chi connectivity index (χ0v) is 10.4. The number of amides is 1. The smallest absolute Gasteiger partial charge is 0.409 e. The van der Waals surface area contributed by atoms with Gasteiger partial charge in [0.15, 0.2) is 11.9 Å². The van der Waals surface area contributed by atoms with Gasteiger partial charge in [-0.25, -0.2) is 10.2 Å². The second-order valence-electron chi connectivity index (χ2n) is 5.03. The fourth-order valence-electron chi connectivity index (χ4n) is 1.71. The third-order valence-corrected chi connectivity index (χ3v) is 2.52. The van der Waals surface area contributed by atoms with E-state index in [1.165, 1.54) is 0 Å². The molecule has 0 aliphatic heterocycles. The van der Waals surface area contributed by atoms with Crippen LogP contribution in [0.15, 0.2) is 0 Å². The Morgan fingerprint density at radius 2 is 1.88 bits per heavy atom. The molecule has 0 aromatic heterocycles. The third kappa shape index (κ3) is 2.51. The lowest BCUT2D eigenvalue weighted by Gasteiger charge is -2.47. The minimum Gasteiger partial charge on any atom is -0.465 e. The van der Waals surface area contributed by atoms with Crippen LogP contribution in [0, 0.1) is 5.92 Å². The molecule has 0 aromatic rings. The Morgan fingerprint density at radius 1 is 1.44 bits per heavy atom. The van der Waals surface area contributed by atoms with Crippen molar-refractivity contribution in [2.24, 2.45) is 11.8 Å². The summed E-state index contributed by atoms with van der Waals surface area (Å²) in [6.07, 6.45) is -0.650. The van der Waals surface area contributed by atoms with Crippen LogP contribution in [0.25, 0.3) is 0 Å². The molecule has 1 amide bonds. The van der Waals surface area contributed by atoms with Gasteiger partial charge < -0.3 is 5.11 Å². The number of hydrogen-bond acceptors (Lipinski definition) is 4. The van der Waals surface area contributed by atoms with E-state index in [0.717, 1.165) is 4.90 Å². The first-order chi connectivity index (χ1) is 7.13. The first kappa shape index (κ1) is 14.9. The van der Waals surface area contributed by atoms with Crippen LogP contribution in [-0.2, 0) is 4.79 Å². The molecule has 0 saturated heterocycles. The van der Waals surface area contributed by atoms with Gasteiger partial charge >= 0.3 is 6.09 Å². The molecule has 0 heterocycles. The Labute approximate surface area is 95.8 Å². The Bertz CT molecular complexity index is 273. The summed E-state index contributed by atoms with van der Waals surface area (Å²) in [6, 6.07) is 0. The number of carbonyl (C=O) groups excluding carboxylic acids is 1. The average molecular weight is 231 g/mol. The summed E-state index contributed by atoms with van der Waals surface area (Å²) in [4.78, 5) is 23.6. The number of carbonyl (C=O) groups is 2. The van der Waals surface area contributed by atoms with Gasteiger partial charge in [0.1, 0.15) is 0 Å². The van der Waals surface area contributed by atoms with Crippen molar-refractivity contribution >= 4 is 12.4 Å². The van der Waals surface area contributed by atoms with E-state index in [-0.39, 0.29) is 5.92 Å². The largest absolute Gasteiger partial charge is 0.465 e. The second-order valence-corrected chi connectivity index (χ2v) is 5.03. The Morgan fingerprint density at radius 3 is 1.94 bits per heavy atom. The highest BCUT2D eigenvalue weighted by molar-refractivity contribution is 5.76. The third-order valence-electron chi connectivity index (χ3n) is 2.52. The molecule has 0 aliphatic rings. The van der Waals surface area contributed by atoms with Crippen molar-refractivity contribution in [1.29, 1.82) is 0 Å². The quantitative estimate of drug-likeness (QED) is 0.287. The van der Waals surface area contributed by atoms with E-state index in [9.17, 15) is 14.7 Å². The van der Waals surface area contributed by atoms with Gasteiger partial charge in [-0.15, -0.1) is 0 Å². The van der Waals surface area contributed by atoms with Gasteiger partial charge in [-0.1, -0.05) is 13.8 Å². The van der Waals surface area contributed by atoms with E-state index < -0.39 is 17.3 Å². The molecule has 0 aromatic carbocycles. The fraction of sp³-hybridized carbons (Fsp3) is 0.800. The summed E-state index contributed by atoms with van der Waals surface area (Å²) in [5.74, 6) is 5.08. The summed E-state index contributed by atoms with van der Waals surface area (Å²) < 4.78 is 0. The van der Waals surface area contributed by atoms with Gasteiger partial charge in [0, 0.05) is 5.54 Å². The van der Waals surface area contributed by atoms with Crippen molar-refractivity contribution < 1.29 is 14.7 Å². The molecule has 0 bridgehead atoms. The van der Waals surface area contributed by atoms with Gasteiger partial charge in [-0.2, -0.15) is 0 Å². The maximum atomic E-state index is 11.3. The Kier molecular flexibility index (Phi) is 4.45. The number of hydrogen-bond donors (Lipinski definition) is 3. The van der Waals surface area contributed by atoms with E-state index in [1.807, 2.05) is 0 Å². The van der Waals surface area contributed by atoms with Crippen LogP contribution in [0.3, 0.4) is 0 Å². The zero-order chi connectivity index (χ0) is 13.1. The highest BCUT2D eigenvalue weighted by Gasteiger charge is 2.47. The average Bonchev–Trinajstić information content (AvgIpc) is 2.10. The van der Waals surface area contributed by atoms with E-state index >= 15 is 0 Å². The summed E-state index contributed by atoms with van der Waals surface area (Å²) in [5.41, 5.74) is 0.184. The Balaban J connectivity index is 5.62. The molecule has 0 saturated carbocycles. The molecule has 0 aliphatic carbocycles. The van der Waals surface area contributed by atoms with Gasteiger partial charge in [0.2, 0.25) is 0 Å². The van der Waals surface area contributed by atoms with Crippen molar-refractivity contribution in [2.75, 3.05) is 0 Å². The second kappa shape index (κ2) is 4.80. The monoisotopic (exact) mass is 231 g/mol. The lowest BCUT2D eigenvalue weighted by molar-refractivity contribution is -0.127. The lowest BCUT2D eigenvalue weighted by Crippen LogP contribution is -2.71. The molecule has 0 rings (SSSR count). The predicted molar refractivity (Wildman–Crippen MR) is 60.6 cm³/mol. The van der Waals surface area contributed by atoms with Crippen molar-refractivity contribution in [3.05, 3.63) is 0 Å². The number of carboxylic acid groups (broad SMARTS) is 1. The van der Waals surface area contributed by atoms with Crippen molar-refractivity contribution in [3.8, 4) is 0 Å². The molecule has 0 fully saturated rings. The number of rotatable bonds is 4. The zero-order valence-electron chi connectivity index (χ0n) is 10.4. The van der Waals surface area contributed by atoms with Crippen molar-refractivity contribution in [3.63, 3.8) is 0 Å². The molecule has 4 N–H and O–H groups in total. The molecule has 6 nitrogen and oxygen atoms in total. The lowest BCUT2D eigenvalue weighted by atomic mass is 9.91. The minimum absolute atomic E-state index is 0.287. The minimum atomic E-state index is -1.41. The molecule has 0 radical (unpaired) electrons. The van der Waals surface area contributed by atoms with Crippen LogP contribution in [0.4, 0.5) is 4.79 Å². The summed E-state index contributed by atoms with van der Waals surface area (Å²) in [5, 5.41) is 9.23. The number of nitrogens with zero attached hydrogens (tertiary/aromatic N) is 1. The van der Waals surface area contributed by atoms with Crippen LogP contribution < -0.4 is 11.3 Å². The summed E-state index contributed by atoms with van der Waals surface area (Å²) in [6.45, 7) is 8.59. The van der Waals surface area contributed by atoms with Crippen LogP contribution in [-0.4, -0.2) is 33.6 Å². The van der Waals surface area contributed by atoms with Crippen LogP contribution in [0.5, 0.6) is 0 Å². The number of nitrogens with one attached hydrogen (secondary N) is 1. The van der Waals surface area contributed by atoms with Gasteiger partial charge in [-0.3, -0.25) is 15.5 Å². The molecule has 94 valence electrons. The SMILES string of the molecule is CC(C)[C@@](C=O)(NN)N(C(=O)O)C(C)(C)C. The topological polar surface area (TPSA) is 95.7 Å². The van der Waals surface area contributed by atoms with Gasteiger partial charge in [0.05, 0.1) is 0 Å². The van der Waals surface area contributed by atoms with E-state index in [4.69, 9.17) is 5.84 Å². The van der Waals surface area contributed by atoms with Gasteiger partial charge in [0.25, 0.3) is 0 Å². The standard InChI is InChI=1S/C10H21N3O3/c1-7(2)10(6-14,12-11)13(8(15)16)9(3,4)5/h6-7,12H,11H2,1-5H3,(H,15,16)/t10-/m0/s1. The number of hydrazine groups is 1. The van der Waals surface area contributed by atoms with Crippen molar-refractivity contribution in [1.82, 2.24) is 10.3 Å². The molecule has 16 heavy (non-hydrogen) atoms. The molecule has 0 unspecified atom stereocenters. The van der Waals surface area contributed by atoms with E-state index in [0.29, 0.717) is 6.29 Å². The normalized spacial score (nSPS) is 15.7. The fourth-order valence-corrected chi connectivity index (χ4v) is 1.71. The predicted octanol–water partition coefficient (Wildman–Crippen LogP) is 0.779. The van der Waals surface area contributed by atoms with Gasteiger partial charge in [-0.05, 0) is 26.7 Å². The molecular weight excluding hydrogens is 210 g/mol. The van der Waals surface area contributed by atoms with E-state index in [1.54, 1.807) is 34.6 Å². The molecular formula is C10H21N3O3. The Hall–Kier alpha value is -1.14.